The Morgan fingerprint density at radius 2 is 1.84 bits per heavy atom. The van der Waals surface area contributed by atoms with Crippen LogP contribution in [0.3, 0.4) is 0 Å². The quantitative estimate of drug-likeness (QED) is 0.708. The second-order valence-corrected chi connectivity index (χ2v) is 6.08. The van der Waals surface area contributed by atoms with Crippen LogP contribution in [0.25, 0.3) is 0 Å². The van der Waals surface area contributed by atoms with Crippen molar-refractivity contribution in [2.45, 2.75) is 19.9 Å². The molecular weight excluding hydrogens is 390 g/mol. The number of ether oxygens (including phenoxy) is 1. The molecule has 0 aliphatic rings. The maximum absolute atomic E-state index is 11.8. The summed E-state index contributed by atoms with van der Waals surface area (Å²) >= 11 is 3.23. The Hall–Kier alpha value is -2.61. The summed E-state index contributed by atoms with van der Waals surface area (Å²) < 4.78 is 7.35. The van der Waals surface area contributed by atoms with Crippen molar-refractivity contribution in [1.82, 2.24) is 15.4 Å². The van der Waals surface area contributed by atoms with Gasteiger partial charge >= 0.3 is 0 Å². The Bertz CT molecular complexity index is 820. The van der Waals surface area contributed by atoms with Crippen LogP contribution in [0, 0.1) is 0 Å². The number of nitrogens with zero attached hydrogens (tertiary/aromatic N) is 1. The number of halogens is 1. The number of rotatable bonds is 6. The van der Waals surface area contributed by atoms with Gasteiger partial charge in [0.1, 0.15) is 12.3 Å². The van der Waals surface area contributed by atoms with Gasteiger partial charge in [0, 0.05) is 16.7 Å². The van der Waals surface area contributed by atoms with Crippen molar-refractivity contribution >= 4 is 27.7 Å². The highest BCUT2D eigenvalue weighted by Crippen LogP contribution is 2.17. The van der Waals surface area contributed by atoms with Crippen molar-refractivity contribution in [2.75, 3.05) is 6.61 Å². The standard InChI is InChI=1S/C17H18BrN3O4/c1-2-12-5-3-4-6-14(12)25-11-16(23)20-19-15(22)10-21-9-13(18)7-8-17(21)24/h3-9H,2,10-11H2,1H3,(H,19,22)(H,20,23). The summed E-state index contributed by atoms with van der Waals surface area (Å²) in [5.41, 5.74) is 5.18. The minimum Gasteiger partial charge on any atom is -0.483 e. The van der Waals surface area contributed by atoms with E-state index >= 15 is 0 Å². The molecule has 0 aliphatic carbocycles. The Morgan fingerprint density at radius 3 is 2.60 bits per heavy atom. The lowest BCUT2D eigenvalue weighted by Crippen LogP contribution is -2.45. The molecule has 1 aromatic heterocycles. The monoisotopic (exact) mass is 407 g/mol. The molecule has 8 heteroatoms. The molecule has 0 spiro atoms. The van der Waals surface area contributed by atoms with E-state index in [4.69, 9.17) is 4.74 Å². The van der Waals surface area contributed by atoms with Gasteiger partial charge in [0.2, 0.25) is 0 Å². The Morgan fingerprint density at radius 1 is 1.12 bits per heavy atom. The van der Waals surface area contributed by atoms with Crippen LogP contribution in [0.2, 0.25) is 0 Å². The molecule has 0 saturated carbocycles. The summed E-state index contributed by atoms with van der Waals surface area (Å²) in [4.78, 5) is 35.2. The van der Waals surface area contributed by atoms with E-state index in [1.807, 2.05) is 25.1 Å². The van der Waals surface area contributed by atoms with Crippen LogP contribution in [0.5, 0.6) is 5.75 Å². The molecule has 0 unspecified atom stereocenters. The third kappa shape index (κ3) is 5.75. The molecular formula is C17H18BrN3O4. The van der Waals surface area contributed by atoms with Crippen molar-refractivity contribution in [2.24, 2.45) is 0 Å². The molecule has 2 amide bonds. The maximum atomic E-state index is 11.8. The largest absolute Gasteiger partial charge is 0.483 e. The van der Waals surface area contributed by atoms with Gasteiger partial charge in [-0.15, -0.1) is 0 Å². The van der Waals surface area contributed by atoms with Crippen molar-refractivity contribution in [3.63, 3.8) is 0 Å². The van der Waals surface area contributed by atoms with Crippen LogP contribution >= 0.6 is 15.9 Å². The van der Waals surface area contributed by atoms with Crippen molar-refractivity contribution in [3.8, 4) is 5.75 Å². The fourth-order valence-electron chi connectivity index (χ4n) is 2.08. The maximum Gasteiger partial charge on any atom is 0.276 e. The summed E-state index contributed by atoms with van der Waals surface area (Å²) in [6.07, 6.45) is 2.28. The number of para-hydroxylation sites is 1. The van der Waals surface area contributed by atoms with Crippen molar-refractivity contribution < 1.29 is 14.3 Å². The first kappa shape index (κ1) is 18.7. The fraction of sp³-hybridized carbons (Fsp3) is 0.235. The number of aryl methyl sites for hydroxylation is 1. The normalized spacial score (nSPS) is 10.2. The SMILES string of the molecule is CCc1ccccc1OCC(=O)NNC(=O)Cn1cc(Br)ccc1=O. The van der Waals surface area contributed by atoms with Gasteiger partial charge in [-0.25, -0.2) is 0 Å². The van der Waals surface area contributed by atoms with Gasteiger partial charge in [-0.3, -0.25) is 25.2 Å². The molecule has 0 saturated heterocycles. The van der Waals surface area contributed by atoms with Gasteiger partial charge in [0.05, 0.1) is 0 Å². The van der Waals surface area contributed by atoms with Crippen LogP contribution in [-0.2, 0) is 22.6 Å². The molecule has 2 rings (SSSR count). The second-order valence-electron chi connectivity index (χ2n) is 5.16. The van der Waals surface area contributed by atoms with E-state index in [1.165, 1.54) is 16.8 Å². The number of carbonyl (C=O) groups excluding carboxylic acids is 2. The summed E-state index contributed by atoms with van der Waals surface area (Å²) in [6.45, 7) is 1.55. The van der Waals surface area contributed by atoms with Gasteiger partial charge in [-0.2, -0.15) is 0 Å². The molecule has 0 bridgehead atoms. The first-order chi connectivity index (χ1) is 12.0. The Labute approximate surface area is 153 Å². The number of hydrogen-bond acceptors (Lipinski definition) is 4. The molecule has 1 heterocycles. The number of pyridine rings is 1. The highest BCUT2D eigenvalue weighted by molar-refractivity contribution is 9.10. The number of hydrogen-bond donors (Lipinski definition) is 2. The third-order valence-electron chi connectivity index (χ3n) is 3.31. The van der Waals surface area contributed by atoms with Crippen LogP contribution in [0.15, 0.2) is 51.9 Å². The molecule has 25 heavy (non-hydrogen) atoms. The molecule has 2 aromatic rings. The van der Waals surface area contributed by atoms with Crippen molar-refractivity contribution in [3.05, 3.63) is 63.0 Å². The number of benzene rings is 1. The first-order valence-corrected chi connectivity index (χ1v) is 8.43. The summed E-state index contributed by atoms with van der Waals surface area (Å²) in [6, 6.07) is 10.4. The molecule has 0 atom stereocenters. The third-order valence-corrected chi connectivity index (χ3v) is 3.78. The van der Waals surface area contributed by atoms with E-state index in [1.54, 1.807) is 12.1 Å². The van der Waals surface area contributed by atoms with Crippen molar-refractivity contribution in [1.29, 1.82) is 0 Å². The molecule has 0 radical (unpaired) electrons. The molecule has 0 fully saturated rings. The minimum atomic E-state index is -0.525. The molecule has 132 valence electrons. The predicted molar refractivity (Wildman–Crippen MR) is 96.0 cm³/mol. The lowest BCUT2D eigenvalue weighted by molar-refractivity contribution is -0.130. The average Bonchev–Trinajstić information content (AvgIpc) is 2.61. The number of nitrogens with one attached hydrogen (secondary N) is 2. The zero-order chi connectivity index (χ0) is 18.2. The summed E-state index contributed by atoms with van der Waals surface area (Å²) in [5, 5.41) is 0. The average molecular weight is 408 g/mol. The fourth-order valence-corrected chi connectivity index (χ4v) is 2.45. The smallest absolute Gasteiger partial charge is 0.276 e. The molecule has 1 aromatic carbocycles. The van der Waals surface area contributed by atoms with Gasteiger partial charge in [-0.05, 0) is 40.0 Å². The van der Waals surface area contributed by atoms with Crippen LogP contribution < -0.4 is 21.1 Å². The molecule has 0 aliphatic heterocycles. The highest BCUT2D eigenvalue weighted by Gasteiger charge is 2.08. The van der Waals surface area contributed by atoms with Gasteiger partial charge < -0.3 is 9.30 Å². The van der Waals surface area contributed by atoms with Crippen LogP contribution in [0.1, 0.15) is 12.5 Å². The van der Waals surface area contributed by atoms with Gasteiger partial charge in [0.25, 0.3) is 17.4 Å². The van der Waals surface area contributed by atoms with Crippen LogP contribution in [-0.4, -0.2) is 23.0 Å². The van der Waals surface area contributed by atoms with Gasteiger partial charge in [0.15, 0.2) is 6.61 Å². The van der Waals surface area contributed by atoms with E-state index < -0.39 is 11.8 Å². The van der Waals surface area contributed by atoms with E-state index in [0.29, 0.717) is 10.2 Å². The zero-order valence-corrected chi connectivity index (χ0v) is 15.2. The van der Waals surface area contributed by atoms with E-state index in [0.717, 1.165) is 12.0 Å². The number of carbonyl (C=O) groups is 2. The Kier molecular flexibility index (Phi) is 6.76. The minimum absolute atomic E-state index is 0.210. The zero-order valence-electron chi connectivity index (χ0n) is 13.6. The second kappa shape index (κ2) is 9.03. The highest BCUT2D eigenvalue weighted by atomic mass is 79.9. The predicted octanol–water partition coefficient (Wildman–Crippen LogP) is 1.40. The lowest BCUT2D eigenvalue weighted by atomic mass is 10.1. The van der Waals surface area contributed by atoms with E-state index in [-0.39, 0.29) is 18.7 Å². The number of hydrazine groups is 1. The Balaban J connectivity index is 1.80. The van der Waals surface area contributed by atoms with Crippen LogP contribution in [0.4, 0.5) is 0 Å². The summed E-state index contributed by atoms with van der Waals surface area (Å²) in [7, 11) is 0. The topological polar surface area (TPSA) is 89.4 Å². The number of amides is 2. The van der Waals surface area contributed by atoms with Gasteiger partial charge in [-0.1, -0.05) is 25.1 Å². The molecule has 2 N–H and O–H groups in total. The lowest BCUT2D eigenvalue weighted by Gasteiger charge is -2.11. The molecule has 7 nitrogen and oxygen atoms in total. The number of aromatic nitrogens is 1. The summed E-state index contributed by atoms with van der Waals surface area (Å²) in [5.74, 6) is -0.393. The van der Waals surface area contributed by atoms with E-state index in [2.05, 4.69) is 26.8 Å². The first-order valence-electron chi connectivity index (χ1n) is 7.64. The van der Waals surface area contributed by atoms with E-state index in [9.17, 15) is 14.4 Å².